The van der Waals surface area contributed by atoms with Gasteiger partial charge in [0.05, 0.1) is 26.5 Å². The number of rotatable bonds is 9. The third kappa shape index (κ3) is 5.59. The SMILES string of the molecule is CCOc1cc(-c2nn(-c3ccccc3)c(C(=O)OC)c2C(=O)OC)ccc1OCc1ccc(Cl)cc1. The van der Waals surface area contributed by atoms with E-state index in [1.165, 1.54) is 18.9 Å². The molecule has 37 heavy (non-hydrogen) atoms. The minimum Gasteiger partial charge on any atom is -0.490 e. The average Bonchev–Trinajstić information content (AvgIpc) is 3.34. The quantitative estimate of drug-likeness (QED) is 0.260. The van der Waals surface area contributed by atoms with E-state index in [4.69, 9.17) is 30.5 Å². The van der Waals surface area contributed by atoms with Gasteiger partial charge in [-0.1, -0.05) is 41.9 Å². The molecule has 4 aromatic rings. The highest BCUT2D eigenvalue weighted by molar-refractivity contribution is 6.30. The summed E-state index contributed by atoms with van der Waals surface area (Å²) in [6.45, 7) is 2.55. The Bertz CT molecular complexity index is 1400. The summed E-state index contributed by atoms with van der Waals surface area (Å²) in [5, 5.41) is 5.27. The predicted octanol–water partition coefficient (Wildman–Crippen LogP) is 5.74. The van der Waals surface area contributed by atoms with Crippen LogP contribution in [0.25, 0.3) is 16.9 Å². The number of halogens is 1. The lowest BCUT2D eigenvalue weighted by Gasteiger charge is -2.13. The van der Waals surface area contributed by atoms with Gasteiger partial charge in [0.2, 0.25) is 0 Å². The summed E-state index contributed by atoms with van der Waals surface area (Å²) >= 11 is 5.97. The number of hydrogen-bond acceptors (Lipinski definition) is 7. The van der Waals surface area contributed by atoms with E-state index in [0.29, 0.717) is 41.0 Å². The highest BCUT2D eigenvalue weighted by Crippen LogP contribution is 2.36. The second-order valence-electron chi connectivity index (χ2n) is 7.81. The van der Waals surface area contributed by atoms with Crippen LogP contribution < -0.4 is 9.47 Å². The maximum atomic E-state index is 12.9. The summed E-state index contributed by atoms with van der Waals surface area (Å²) in [5.41, 5.74) is 2.22. The Morgan fingerprint density at radius 3 is 2.22 bits per heavy atom. The van der Waals surface area contributed by atoms with Gasteiger partial charge in [-0.2, -0.15) is 5.10 Å². The van der Waals surface area contributed by atoms with Gasteiger partial charge in [0, 0.05) is 10.6 Å². The maximum absolute atomic E-state index is 12.9. The number of carbonyl (C=O) groups excluding carboxylic acids is 2. The third-order valence-electron chi connectivity index (χ3n) is 5.48. The molecule has 9 heteroatoms. The molecule has 0 saturated carbocycles. The zero-order valence-corrected chi connectivity index (χ0v) is 21.3. The maximum Gasteiger partial charge on any atom is 0.357 e. The molecule has 0 unspecified atom stereocenters. The van der Waals surface area contributed by atoms with Gasteiger partial charge in [0.15, 0.2) is 17.2 Å². The van der Waals surface area contributed by atoms with E-state index < -0.39 is 11.9 Å². The summed E-state index contributed by atoms with van der Waals surface area (Å²) in [7, 11) is 2.48. The Morgan fingerprint density at radius 2 is 1.57 bits per heavy atom. The predicted molar refractivity (Wildman–Crippen MR) is 139 cm³/mol. The molecule has 0 spiro atoms. The average molecular weight is 521 g/mol. The number of methoxy groups -OCH3 is 2. The highest BCUT2D eigenvalue weighted by Gasteiger charge is 2.31. The number of hydrogen-bond donors (Lipinski definition) is 0. The van der Waals surface area contributed by atoms with Crippen LogP contribution in [0.1, 0.15) is 33.3 Å². The van der Waals surface area contributed by atoms with Crippen LogP contribution in [0.15, 0.2) is 72.8 Å². The van der Waals surface area contributed by atoms with E-state index in [1.54, 1.807) is 54.6 Å². The van der Waals surface area contributed by atoms with Crippen molar-refractivity contribution in [2.45, 2.75) is 13.5 Å². The van der Waals surface area contributed by atoms with Gasteiger partial charge >= 0.3 is 11.9 Å². The van der Waals surface area contributed by atoms with Crippen LogP contribution in [0, 0.1) is 0 Å². The van der Waals surface area contributed by atoms with Crippen molar-refractivity contribution in [2.75, 3.05) is 20.8 Å². The molecule has 8 nitrogen and oxygen atoms in total. The molecule has 0 aliphatic carbocycles. The van der Waals surface area contributed by atoms with E-state index >= 15 is 0 Å². The summed E-state index contributed by atoms with van der Waals surface area (Å²) < 4.78 is 23.2. The van der Waals surface area contributed by atoms with Crippen LogP contribution >= 0.6 is 11.6 Å². The van der Waals surface area contributed by atoms with Crippen molar-refractivity contribution >= 4 is 23.5 Å². The molecule has 0 aliphatic rings. The summed E-state index contributed by atoms with van der Waals surface area (Å²) in [5.74, 6) is -0.482. The largest absolute Gasteiger partial charge is 0.490 e. The molecule has 0 fully saturated rings. The number of esters is 2. The second-order valence-corrected chi connectivity index (χ2v) is 8.25. The first-order chi connectivity index (χ1) is 18.0. The van der Waals surface area contributed by atoms with Crippen molar-refractivity contribution in [3.63, 3.8) is 0 Å². The molecule has 0 N–H and O–H groups in total. The third-order valence-corrected chi connectivity index (χ3v) is 5.73. The zero-order valence-electron chi connectivity index (χ0n) is 20.6. The second kappa shape index (κ2) is 11.6. The Kier molecular flexibility index (Phi) is 8.10. The van der Waals surface area contributed by atoms with Gasteiger partial charge in [0.25, 0.3) is 0 Å². The fraction of sp³-hybridized carbons (Fsp3) is 0.179. The van der Waals surface area contributed by atoms with Gasteiger partial charge in [-0.25, -0.2) is 14.3 Å². The number of nitrogens with zero attached hydrogens (tertiary/aromatic N) is 2. The van der Waals surface area contributed by atoms with Crippen LogP contribution in [0.5, 0.6) is 11.5 Å². The molecule has 0 bridgehead atoms. The van der Waals surface area contributed by atoms with E-state index in [0.717, 1.165) is 5.56 Å². The molecular weight excluding hydrogens is 496 g/mol. The molecular formula is C28H25ClN2O6. The molecule has 0 radical (unpaired) electrons. The molecule has 1 aromatic heterocycles. The molecule has 1 heterocycles. The lowest BCUT2D eigenvalue weighted by molar-refractivity contribution is 0.0549. The molecule has 190 valence electrons. The Hall–Kier alpha value is -4.30. The lowest BCUT2D eigenvalue weighted by atomic mass is 10.0. The lowest BCUT2D eigenvalue weighted by Crippen LogP contribution is -2.15. The molecule has 0 atom stereocenters. The topological polar surface area (TPSA) is 88.9 Å². The number of carbonyl (C=O) groups is 2. The van der Waals surface area contributed by atoms with Crippen molar-refractivity contribution in [2.24, 2.45) is 0 Å². The van der Waals surface area contributed by atoms with Crippen molar-refractivity contribution in [3.05, 3.63) is 94.6 Å². The van der Waals surface area contributed by atoms with Crippen molar-refractivity contribution < 1.29 is 28.5 Å². The molecule has 0 amide bonds. The minimum atomic E-state index is -0.726. The Balaban J connectivity index is 1.81. The van der Waals surface area contributed by atoms with Crippen LogP contribution in [-0.4, -0.2) is 42.5 Å². The smallest absolute Gasteiger partial charge is 0.357 e. The monoisotopic (exact) mass is 520 g/mol. The first-order valence-corrected chi connectivity index (χ1v) is 11.8. The summed E-state index contributed by atoms with van der Waals surface area (Å²) in [4.78, 5) is 25.7. The van der Waals surface area contributed by atoms with Crippen LogP contribution in [0.3, 0.4) is 0 Å². The van der Waals surface area contributed by atoms with Crippen LogP contribution in [-0.2, 0) is 16.1 Å². The van der Waals surface area contributed by atoms with Crippen LogP contribution in [0.2, 0.25) is 5.02 Å². The fourth-order valence-electron chi connectivity index (χ4n) is 3.74. The van der Waals surface area contributed by atoms with Crippen molar-refractivity contribution in [1.82, 2.24) is 9.78 Å². The number of benzene rings is 3. The van der Waals surface area contributed by atoms with E-state index in [-0.39, 0.29) is 17.0 Å². The molecule has 0 saturated heterocycles. The number of para-hydroxylation sites is 1. The van der Waals surface area contributed by atoms with Gasteiger partial charge in [0.1, 0.15) is 17.9 Å². The fourth-order valence-corrected chi connectivity index (χ4v) is 3.87. The first kappa shape index (κ1) is 25.8. The zero-order chi connectivity index (χ0) is 26.4. The van der Waals surface area contributed by atoms with E-state index in [1.807, 2.05) is 25.1 Å². The van der Waals surface area contributed by atoms with Crippen LogP contribution in [0.4, 0.5) is 0 Å². The van der Waals surface area contributed by atoms with Crippen molar-refractivity contribution in [3.8, 4) is 28.4 Å². The number of ether oxygens (including phenoxy) is 4. The summed E-state index contributed by atoms with van der Waals surface area (Å²) in [6, 6.07) is 21.5. The standard InChI is InChI=1S/C28H25ClN2O6/c1-4-36-23-16-19(12-15-22(23)37-17-18-10-13-20(29)14-11-18)25-24(27(32)34-2)26(28(33)35-3)31(30-25)21-8-6-5-7-9-21/h5-16H,4,17H2,1-3H3. The molecule has 4 rings (SSSR count). The van der Waals surface area contributed by atoms with Gasteiger partial charge in [-0.15, -0.1) is 0 Å². The van der Waals surface area contributed by atoms with E-state index in [9.17, 15) is 9.59 Å². The van der Waals surface area contributed by atoms with Gasteiger partial charge in [-0.05, 0) is 55.0 Å². The van der Waals surface area contributed by atoms with Gasteiger partial charge in [-0.3, -0.25) is 0 Å². The normalized spacial score (nSPS) is 10.6. The molecule has 3 aromatic carbocycles. The Morgan fingerprint density at radius 1 is 0.865 bits per heavy atom. The van der Waals surface area contributed by atoms with E-state index in [2.05, 4.69) is 5.10 Å². The minimum absolute atomic E-state index is 0.0181. The van der Waals surface area contributed by atoms with Gasteiger partial charge < -0.3 is 18.9 Å². The molecule has 0 aliphatic heterocycles. The Labute approximate surface area is 219 Å². The van der Waals surface area contributed by atoms with Crippen molar-refractivity contribution in [1.29, 1.82) is 0 Å². The number of aromatic nitrogens is 2. The summed E-state index contributed by atoms with van der Waals surface area (Å²) in [6.07, 6.45) is 0. The highest BCUT2D eigenvalue weighted by atomic mass is 35.5. The first-order valence-electron chi connectivity index (χ1n) is 11.5.